The third-order valence-corrected chi connectivity index (χ3v) is 2.58. The number of hydrogen-bond donors (Lipinski definition) is 1. The highest BCUT2D eigenvalue weighted by Gasteiger charge is 2.06. The summed E-state index contributed by atoms with van der Waals surface area (Å²) in [5, 5.41) is 8.83. The highest BCUT2D eigenvalue weighted by atomic mass is 16.5. The van der Waals surface area contributed by atoms with E-state index in [9.17, 15) is 0 Å². The number of aliphatic hydroxyl groups excluding tert-OH is 1. The Morgan fingerprint density at radius 3 is 2.60 bits per heavy atom. The molecule has 0 bridgehead atoms. The summed E-state index contributed by atoms with van der Waals surface area (Å²) in [6, 6.07) is 6.30. The van der Waals surface area contributed by atoms with Gasteiger partial charge in [0, 0.05) is 6.61 Å². The van der Waals surface area contributed by atoms with Crippen LogP contribution in [0.4, 0.5) is 0 Å². The Labute approximate surface area is 91.9 Å². The van der Waals surface area contributed by atoms with Gasteiger partial charge in [0.05, 0.1) is 7.11 Å². The lowest BCUT2D eigenvalue weighted by molar-refractivity contribution is 0.287. The van der Waals surface area contributed by atoms with Crippen LogP contribution in [0.5, 0.6) is 5.75 Å². The quantitative estimate of drug-likeness (QED) is 0.806. The lowest BCUT2D eigenvalue weighted by Gasteiger charge is -2.12. The third kappa shape index (κ3) is 3.24. The van der Waals surface area contributed by atoms with Crippen LogP contribution in [0, 0.1) is 0 Å². The van der Waals surface area contributed by atoms with Crippen LogP contribution in [0.2, 0.25) is 0 Å². The summed E-state index contributed by atoms with van der Waals surface area (Å²) < 4.78 is 5.30. The van der Waals surface area contributed by atoms with Gasteiger partial charge in [0.25, 0.3) is 0 Å². The fraction of sp³-hybridized carbons (Fsp3) is 0.538. The molecule has 2 nitrogen and oxygen atoms in total. The van der Waals surface area contributed by atoms with E-state index in [4.69, 9.17) is 9.84 Å². The van der Waals surface area contributed by atoms with E-state index in [0.29, 0.717) is 5.92 Å². The normalized spacial score (nSPS) is 10.7. The second-order valence-corrected chi connectivity index (χ2v) is 4.05. The molecule has 0 aliphatic rings. The van der Waals surface area contributed by atoms with Gasteiger partial charge in [-0.05, 0) is 36.0 Å². The van der Waals surface area contributed by atoms with E-state index < -0.39 is 0 Å². The number of benzene rings is 1. The maximum atomic E-state index is 8.83. The van der Waals surface area contributed by atoms with Gasteiger partial charge in [-0.15, -0.1) is 0 Å². The zero-order valence-corrected chi connectivity index (χ0v) is 9.79. The maximum absolute atomic E-state index is 8.83. The fourth-order valence-corrected chi connectivity index (χ4v) is 1.62. The molecule has 0 unspecified atom stereocenters. The van der Waals surface area contributed by atoms with Gasteiger partial charge in [-0.1, -0.05) is 26.0 Å². The van der Waals surface area contributed by atoms with E-state index in [1.165, 1.54) is 11.1 Å². The van der Waals surface area contributed by atoms with E-state index >= 15 is 0 Å². The summed E-state index contributed by atoms with van der Waals surface area (Å²) in [6.45, 7) is 4.59. The lowest BCUT2D eigenvalue weighted by Crippen LogP contribution is -1.97. The molecular formula is C13H20O2. The minimum absolute atomic E-state index is 0.231. The van der Waals surface area contributed by atoms with Crippen molar-refractivity contribution >= 4 is 0 Å². The molecule has 0 saturated heterocycles. The van der Waals surface area contributed by atoms with Gasteiger partial charge in [0.1, 0.15) is 5.75 Å². The van der Waals surface area contributed by atoms with Crippen LogP contribution in [-0.2, 0) is 6.42 Å². The second kappa shape index (κ2) is 5.76. The van der Waals surface area contributed by atoms with E-state index in [0.717, 1.165) is 18.6 Å². The summed E-state index contributed by atoms with van der Waals surface area (Å²) in [4.78, 5) is 0. The molecule has 0 heterocycles. The Morgan fingerprint density at radius 1 is 1.33 bits per heavy atom. The van der Waals surface area contributed by atoms with Crippen molar-refractivity contribution < 1.29 is 9.84 Å². The molecule has 1 aromatic rings. The number of methoxy groups -OCH3 is 1. The van der Waals surface area contributed by atoms with Crippen molar-refractivity contribution in [3.63, 3.8) is 0 Å². The van der Waals surface area contributed by atoms with Crippen LogP contribution in [0.1, 0.15) is 37.3 Å². The molecule has 15 heavy (non-hydrogen) atoms. The van der Waals surface area contributed by atoms with Gasteiger partial charge in [0.2, 0.25) is 0 Å². The predicted octanol–water partition coefficient (Wildman–Crippen LogP) is 2.74. The minimum Gasteiger partial charge on any atom is -0.496 e. The predicted molar refractivity (Wildman–Crippen MR) is 62.5 cm³/mol. The van der Waals surface area contributed by atoms with E-state index in [-0.39, 0.29) is 6.61 Å². The standard InChI is InChI=1S/C13H20O2/c1-10(2)11-6-7-13(15-3)12(9-11)5-4-8-14/h6-7,9-10,14H,4-5,8H2,1-3H3. The number of rotatable bonds is 5. The molecule has 0 aromatic heterocycles. The third-order valence-electron chi connectivity index (χ3n) is 2.58. The fourth-order valence-electron chi connectivity index (χ4n) is 1.62. The van der Waals surface area contributed by atoms with Crippen molar-refractivity contribution in [2.45, 2.75) is 32.6 Å². The van der Waals surface area contributed by atoms with Crippen LogP contribution in [0.3, 0.4) is 0 Å². The molecule has 0 aliphatic carbocycles. The lowest BCUT2D eigenvalue weighted by atomic mass is 9.98. The number of ether oxygens (including phenoxy) is 1. The van der Waals surface area contributed by atoms with Crippen molar-refractivity contribution in [3.8, 4) is 5.75 Å². The van der Waals surface area contributed by atoms with Gasteiger partial charge in [-0.3, -0.25) is 0 Å². The Kier molecular flexibility index (Phi) is 4.63. The van der Waals surface area contributed by atoms with Crippen molar-refractivity contribution in [3.05, 3.63) is 29.3 Å². The summed E-state index contributed by atoms with van der Waals surface area (Å²) in [5.74, 6) is 1.46. The summed E-state index contributed by atoms with van der Waals surface area (Å²) >= 11 is 0. The smallest absolute Gasteiger partial charge is 0.122 e. The first-order valence-electron chi connectivity index (χ1n) is 5.46. The first-order chi connectivity index (χ1) is 7.19. The molecule has 0 spiro atoms. The first-order valence-corrected chi connectivity index (χ1v) is 5.46. The van der Waals surface area contributed by atoms with Crippen LogP contribution in [0.25, 0.3) is 0 Å². The molecule has 0 amide bonds. The van der Waals surface area contributed by atoms with Crippen molar-refractivity contribution in [1.82, 2.24) is 0 Å². The van der Waals surface area contributed by atoms with Gasteiger partial charge in [-0.2, -0.15) is 0 Å². The molecule has 0 saturated carbocycles. The summed E-state index contributed by atoms with van der Waals surface area (Å²) in [7, 11) is 1.69. The van der Waals surface area contributed by atoms with Crippen LogP contribution in [0.15, 0.2) is 18.2 Å². The van der Waals surface area contributed by atoms with Gasteiger partial charge in [0.15, 0.2) is 0 Å². The van der Waals surface area contributed by atoms with E-state index in [2.05, 4.69) is 26.0 Å². The average Bonchev–Trinajstić information content (AvgIpc) is 2.25. The molecule has 0 aliphatic heterocycles. The monoisotopic (exact) mass is 208 g/mol. The Balaban J connectivity index is 2.91. The van der Waals surface area contributed by atoms with Gasteiger partial charge < -0.3 is 9.84 Å². The topological polar surface area (TPSA) is 29.5 Å². The molecule has 84 valence electrons. The highest BCUT2D eigenvalue weighted by molar-refractivity contribution is 5.38. The van der Waals surface area contributed by atoms with Crippen LogP contribution in [-0.4, -0.2) is 18.8 Å². The number of aryl methyl sites for hydroxylation is 1. The highest BCUT2D eigenvalue weighted by Crippen LogP contribution is 2.25. The van der Waals surface area contributed by atoms with Crippen molar-refractivity contribution in [2.75, 3.05) is 13.7 Å². The number of hydrogen-bond acceptors (Lipinski definition) is 2. The molecule has 1 aromatic carbocycles. The molecule has 1 N–H and O–H groups in total. The largest absolute Gasteiger partial charge is 0.496 e. The van der Waals surface area contributed by atoms with Crippen LogP contribution < -0.4 is 4.74 Å². The maximum Gasteiger partial charge on any atom is 0.122 e. The SMILES string of the molecule is COc1ccc(C(C)C)cc1CCCO. The van der Waals surface area contributed by atoms with Gasteiger partial charge >= 0.3 is 0 Å². The molecule has 0 atom stereocenters. The molecule has 0 radical (unpaired) electrons. The minimum atomic E-state index is 0.231. The summed E-state index contributed by atoms with van der Waals surface area (Å²) in [5.41, 5.74) is 2.52. The second-order valence-electron chi connectivity index (χ2n) is 4.05. The zero-order valence-electron chi connectivity index (χ0n) is 9.79. The Morgan fingerprint density at radius 2 is 2.07 bits per heavy atom. The van der Waals surface area contributed by atoms with Crippen molar-refractivity contribution in [1.29, 1.82) is 0 Å². The van der Waals surface area contributed by atoms with Crippen LogP contribution >= 0.6 is 0 Å². The summed E-state index contributed by atoms with van der Waals surface area (Å²) in [6.07, 6.45) is 1.66. The Hall–Kier alpha value is -1.02. The van der Waals surface area contributed by atoms with Crippen molar-refractivity contribution in [2.24, 2.45) is 0 Å². The Bertz CT molecular complexity index is 305. The first kappa shape index (κ1) is 12.1. The average molecular weight is 208 g/mol. The van der Waals surface area contributed by atoms with E-state index in [1.54, 1.807) is 7.11 Å². The molecule has 2 heteroatoms. The molecule has 1 rings (SSSR count). The van der Waals surface area contributed by atoms with E-state index in [1.807, 2.05) is 6.07 Å². The molecular weight excluding hydrogens is 188 g/mol. The number of aliphatic hydroxyl groups is 1. The molecule has 0 fully saturated rings. The zero-order chi connectivity index (χ0) is 11.3. The van der Waals surface area contributed by atoms with Gasteiger partial charge in [-0.25, -0.2) is 0 Å².